The average molecular weight is 414 g/mol. The van der Waals surface area contributed by atoms with E-state index in [4.69, 9.17) is 4.99 Å². The van der Waals surface area contributed by atoms with Crippen LogP contribution in [0.1, 0.15) is 26.2 Å². The van der Waals surface area contributed by atoms with Crippen molar-refractivity contribution in [3.8, 4) is 0 Å². The molecule has 0 aliphatic carbocycles. The van der Waals surface area contributed by atoms with Crippen molar-refractivity contribution in [3.05, 3.63) is 0 Å². The Labute approximate surface area is 145 Å². The molecule has 0 radical (unpaired) electrons. The fourth-order valence-electron chi connectivity index (χ4n) is 2.32. The van der Waals surface area contributed by atoms with Gasteiger partial charge in [0.1, 0.15) is 0 Å². The molecule has 4 nitrogen and oxygen atoms in total. The molecule has 0 amide bonds. The van der Waals surface area contributed by atoms with Crippen molar-refractivity contribution in [2.24, 2.45) is 10.9 Å². The maximum atomic E-state index is 4.71. The van der Waals surface area contributed by atoms with E-state index in [1.54, 1.807) is 0 Å². The van der Waals surface area contributed by atoms with Crippen LogP contribution in [0.5, 0.6) is 0 Å². The number of hydrogen-bond donors (Lipinski definition) is 2. The molecule has 1 aliphatic rings. The van der Waals surface area contributed by atoms with Gasteiger partial charge >= 0.3 is 0 Å². The molecule has 6 heteroatoms. The van der Waals surface area contributed by atoms with E-state index in [0.717, 1.165) is 31.5 Å². The third kappa shape index (κ3) is 9.28. The molecule has 0 bridgehead atoms. The van der Waals surface area contributed by atoms with Crippen molar-refractivity contribution < 1.29 is 0 Å². The van der Waals surface area contributed by atoms with Crippen molar-refractivity contribution in [2.45, 2.75) is 26.2 Å². The van der Waals surface area contributed by atoms with E-state index in [2.05, 4.69) is 35.8 Å². The average Bonchev–Trinajstić information content (AvgIpc) is 2.81. The zero-order valence-electron chi connectivity index (χ0n) is 13.2. The van der Waals surface area contributed by atoms with Crippen LogP contribution in [0.4, 0.5) is 0 Å². The molecule has 20 heavy (non-hydrogen) atoms. The fraction of sp³-hybridized carbons (Fsp3) is 0.929. The minimum absolute atomic E-state index is 0. The smallest absolute Gasteiger partial charge is 0.191 e. The van der Waals surface area contributed by atoms with Gasteiger partial charge in [-0.15, -0.1) is 24.0 Å². The minimum Gasteiger partial charge on any atom is -0.357 e. The molecule has 0 saturated carbocycles. The van der Waals surface area contributed by atoms with E-state index in [-0.39, 0.29) is 24.0 Å². The van der Waals surface area contributed by atoms with Gasteiger partial charge in [-0.25, -0.2) is 0 Å². The van der Waals surface area contributed by atoms with Gasteiger partial charge in [-0.2, -0.15) is 11.8 Å². The normalized spacial score (nSPS) is 19.8. The highest BCUT2D eigenvalue weighted by Gasteiger charge is 2.18. The van der Waals surface area contributed by atoms with Gasteiger partial charge in [0.2, 0.25) is 0 Å². The topological polar surface area (TPSA) is 39.7 Å². The Morgan fingerprint density at radius 1 is 1.35 bits per heavy atom. The highest BCUT2D eigenvalue weighted by Crippen LogP contribution is 2.14. The van der Waals surface area contributed by atoms with Crippen LogP contribution in [0.15, 0.2) is 4.99 Å². The second-order valence-corrected chi connectivity index (χ2v) is 6.25. The molecular formula is C14H31IN4S. The number of nitrogens with zero attached hydrogens (tertiary/aromatic N) is 2. The molecule has 0 aromatic rings. The molecule has 1 aliphatic heterocycles. The lowest BCUT2D eigenvalue weighted by Crippen LogP contribution is -2.38. The van der Waals surface area contributed by atoms with Crippen molar-refractivity contribution in [2.75, 3.05) is 51.8 Å². The molecule has 120 valence electrons. The lowest BCUT2D eigenvalue weighted by molar-refractivity contribution is 0.397. The van der Waals surface area contributed by atoms with Crippen molar-refractivity contribution in [1.29, 1.82) is 0 Å². The van der Waals surface area contributed by atoms with Crippen LogP contribution in [0, 0.1) is 5.92 Å². The summed E-state index contributed by atoms with van der Waals surface area (Å²) in [5, 5.41) is 6.76. The maximum Gasteiger partial charge on any atom is 0.191 e. The monoisotopic (exact) mass is 414 g/mol. The van der Waals surface area contributed by atoms with E-state index < -0.39 is 0 Å². The first-order chi connectivity index (χ1) is 9.26. The number of aliphatic imine (C=N–C) groups is 1. The summed E-state index contributed by atoms with van der Waals surface area (Å²) in [6, 6.07) is 0. The van der Waals surface area contributed by atoms with Gasteiger partial charge in [0.25, 0.3) is 0 Å². The quantitative estimate of drug-likeness (QED) is 0.277. The molecule has 1 heterocycles. The highest BCUT2D eigenvalue weighted by molar-refractivity contribution is 14.0. The predicted octanol–water partition coefficient (Wildman–Crippen LogP) is 2.25. The van der Waals surface area contributed by atoms with Crippen LogP contribution in [-0.4, -0.2) is 62.6 Å². The molecule has 2 N–H and O–H groups in total. The summed E-state index contributed by atoms with van der Waals surface area (Å²) < 4.78 is 0. The molecule has 0 aromatic carbocycles. The molecule has 1 unspecified atom stereocenters. The van der Waals surface area contributed by atoms with Gasteiger partial charge in [-0.3, -0.25) is 4.99 Å². The third-order valence-electron chi connectivity index (χ3n) is 3.41. The summed E-state index contributed by atoms with van der Waals surface area (Å²) in [7, 11) is 2.19. The summed E-state index contributed by atoms with van der Waals surface area (Å²) in [6.45, 7) is 7.44. The van der Waals surface area contributed by atoms with Gasteiger partial charge in [0.15, 0.2) is 5.96 Å². The first kappa shape index (κ1) is 20.3. The van der Waals surface area contributed by atoms with Gasteiger partial charge in [0, 0.05) is 26.2 Å². The van der Waals surface area contributed by atoms with Gasteiger partial charge < -0.3 is 15.5 Å². The zero-order valence-corrected chi connectivity index (χ0v) is 16.3. The largest absolute Gasteiger partial charge is 0.357 e. The van der Waals surface area contributed by atoms with E-state index in [0.29, 0.717) is 0 Å². The number of hydrogen-bond acceptors (Lipinski definition) is 3. The Kier molecular flexibility index (Phi) is 13.2. The summed E-state index contributed by atoms with van der Waals surface area (Å²) >= 11 is 1.92. The Morgan fingerprint density at radius 2 is 2.15 bits per heavy atom. The van der Waals surface area contributed by atoms with Crippen LogP contribution in [0.3, 0.4) is 0 Å². The standard InChI is InChI=1S/C14H30N4S.HI/c1-4-15-14(16-8-5-6-10-19-3)17-11-13-7-9-18(2)12-13;/h13H,4-12H2,1-3H3,(H2,15,16,17);1H. The summed E-state index contributed by atoms with van der Waals surface area (Å²) in [6.07, 6.45) is 5.95. The van der Waals surface area contributed by atoms with Crippen LogP contribution >= 0.6 is 35.7 Å². The third-order valence-corrected chi connectivity index (χ3v) is 4.11. The Balaban J connectivity index is 0.00000361. The first-order valence-electron chi connectivity index (χ1n) is 7.46. The van der Waals surface area contributed by atoms with Gasteiger partial charge in [0.05, 0.1) is 0 Å². The number of rotatable bonds is 8. The van der Waals surface area contributed by atoms with Crippen LogP contribution in [0.25, 0.3) is 0 Å². The Bertz CT molecular complexity index is 264. The second kappa shape index (κ2) is 13.0. The molecule has 1 atom stereocenters. The summed E-state index contributed by atoms with van der Waals surface area (Å²) in [5.41, 5.74) is 0. The minimum atomic E-state index is 0. The molecule has 1 rings (SSSR count). The fourth-order valence-corrected chi connectivity index (χ4v) is 2.81. The Hall–Kier alpha value is 0.310. The van der Waals surface area contributed by atoms with Gasteiger partial charge in [-0.05, 0) is 57.7 Å². The van der Waals surface area contributed by atoms with Crippen molar-refractivity contribution in [3.63, 3.8) is 0 Å². The number of thioether (sulfide) groups is 1. The van der Waals surface area contributed by atoms with E-state index in [9.17, 15) is 0 Å². The van der Waals surface area contributed by atoms with Crippen LogP contribution < -0.4 is 10.6 Å². The Morgan fingerprint density at radius 3 is 2.75 bits per heavy atom. The zero-order chi connectivity index (χ0) is 13.9. The van der Waals surface area contributed by atoms with Crippen molar-refractivity contribution in [1.82, 2.24) is 15.5 Å². The highest BCUT2D eigenvalue weighted by atomic mass is 127. The summed E-state index contributed by atoms with van der Waals surface area (Å²) in [4.78, 5) is 7.10. The number of halogens is 1. The first-order valence-corrected chi connectivity index (χ1v) is 8.85. The molecule has 0 aromatic heterocycles. The predicted molar refractivity (Wildman–Crippen MR) is 103 cm³/mol. The number of unbranched alkanes of at least 4 members (excludes halogenated alkanes) is 1. The summed E-state index contributed by atoms with van der Waals surface area (Å²) in [5.74, 6) is 2.97. The van der Waals surface area contributed by atoms with Gasteiger partial charge in [-0.1, -0.05) is 0 Å². The molecule has 1 fully saturated rings. The van der Waals surface area contributed by atoms with E-state index >= 15 is 0 Å². The number of likely N-dealkylation sites (tertiary alicyclic amines) is 1. The SMILES string of the molecule is CCNC(=NCC1CCN(C)C1)NCCCCSC.I. The van der Waals surface area contributed by atoms with Crippen LogP contribution in [-0.2, 0) is 0 Å². The number of guanidine groups is 1. The maximum absolute atomic E-state index is 4.71. The van der Waals surface area contributed by atoms with E-state index in [1.165, 1.54) is 38.1 Å². The number of nitrogens with one attached hydrogen (secondary N) is 2. The molecule has 1 saturated heterocycles. The van der Waals surface area contributed by atoms with Crippen LogP contribution in [0.2, 0.25) is 0 Å². The lowest BCUT2D eigenvalue weighted by atomic mass is 10.1. The molecule has 0 spiro atoms. The second-order valence-electron chi connectivity index (χ2n) is 5.26. The van der Waals surface area contributed by atoms with E-state index in [1.807, 2.05) is 11.8 Å². The molecular weight excluding hydrogens is 383 g/mol. The lowest BCUT2D eigenvalue weighted by Gasteiger charge is -2.13. The van der Waals surface area contributed by atoms with Crippen molar-refractivity contribution >= 4 is 41.7 Å².